The van der Waals surface area contributed by atoms with Crippen molar-refractivity contribution in [2.75, 3.05) is 7.11 Å². The fraction of sp³-hybridized carbons (Fsp3) is 0.267. The molecule has 1 amide bonds. The van der Waals surface area contributed by atoms with Gasteiger partial charge in [-0.15, -0.1) is 11.3 Å². The Morgan fingerprint density at radius 1 is 1.43 bits per heavy atom. The molecule has 2 N–H and O–H groups in total. The highest BCUT2D eigenvalue weighted by Crippen LogP contribution is 2.28. The summed E-state index contributed by atoms with van der Waals surface area (Å²) in [5.74, 6) is -0.145. The Bertz CT molecular complexity index is 654. The second-order valence-corrected chi connectivity index (χ2v) is 5.78. The van der Waals surface area contributed by atoms with E-state index in [1.54, 1.807) is 12.1 Å². The molecule has 0 aliphatic heterocycles. The summed E-state index contributed by atoms with van der Waals surface area (Å²) in [6, 6.07) is 6.20. The van der Waals surface area contributed by atoms with Crippen molar-refractivity contribution in [2.24, 2.45) is 0 Å². The molecule has 1 aromatic carbocycles. The van der Waals surface area contributed by atoms with Crippen LogP contribution in [0.4, 0.5) is 4.39 Å². The van der Waals surface area contributed by atoms with Crippen LogP contribution < -0.4 is 10.1 Å². The number of methoxy groups -OCH3 is 1. The van der Waals surface area contributed by atoms with E-state index in [4.69, 9.17) is 9.84 Å². The maximum absolute atomic E-state index is 13.3. The highest BCUT2D eigenvalue weighted by Gasteiger charge is 2.15. The predicted molar refractivity (Wildman–Crippen MR) is 79.1 cm³/mol. The lowest BCUT2D eigenvalue weighted by molar-refractivity contribution is 0.0952. The Kier molecular flexibility index (Phi) is 4.93. The van der Waals surface area contributed by atoms with Gasteiger partial charge in [-0.25, -0.2) is 4.39 Å². The first kappa shape index (κ1) is 15.5. The maximum Gasteiger partial charge on any atom is 0.265 e. The van der Waals surface area contributed by atoms with Crippen LogP contribution in [0.2, 0.25) is 0 Å². The van der Waals surface area contributed by atoms with Gasteiger partial charge >= 0.3 is 0 Å². The molecule has 0 unspecified atom stereocenters. The van der Waals surface area contributed by atoms with Gasteiger partial charge in [-0.05, 0) is 30.7 Å². The van der Waals surface area contributed by atoms with Gasteiger partial charge in [0.05, 0.1) is 13.7 Å². The number of ether oxygens (including phenoxy) is 1. The average Bonchev–Trinajstić information content (AvgIpc) is 2.87. The molecule has 0 aliphatic rings. The number of carbonyl (C=O) groups excluding carboxylic acids is 1. The fourth-order valence-electron chi connectivity index (χ4n) is 1.92. The van der Waals surface area contributed by atoms with Crippen LogP contribution in [0.3, 0.4) is 0 Å². The molecule has 1 heterocycles. The minimum absolute atomic E-state index is 0.214. The molecule has 0 aliphatic carbocycles. The van der Waals surface area contributed by atoms with E-state index < -0.39 is 5.82 Å². The number of hydrogen-bond donors (Lipinski definition) is 2. The molecule has 21 heavy (non-hydrogen) atoms. The lowest BCUT2D eigenvalue weighted by Crippen LogP contribution is -2.22. The van der Waals surface area contributed by atoms with Crippen molar-refractivity contribution < 1.29 is 19.0 Å². The van der Waals surface area contributed by atoms with Gasteiger partial charge in [-0.3, -0.25) is 4.79 Å². The van der Waals surface area contributed by atoms with Crippen molar-refractivity contribution in [1.82, 2.24) is 5.32 Å². The number of benzene rings is 1. The van der Waals surface area contributed by atoms with Crippen molar-refractivity contribution in [3.05, 3.63) is 51.0 Å². The van der Waals surface area contributed by atoms with E-state index in [1.807, 2.05) is 6.92 Å². The third-order valence-corrected chi connectivity index (χ3v) is 4.01. The SMILES string of the molecule is COc1cc(C)sc1C(=O)NCc1ccc(F)c(CO)c1. The molecule has 0 bridgehead atoms. The molecule has 0 radical (unpaired) electrons. The zero-order valence-electron chi connectivity index (χ0n) is 11.8. The summed E-state index contributed by atoms with van der Waals surface area (Å²) in [5.41, 5.74) is 0.937. The molecule has 4 nitrogen and oxygen atoms in total. The van der Waals surface area contributed by atoms with Crippen molar-refractivity contribution in [1.29, 1.82) is 0 Å². The summed E-state index contributed by atoms with van der Waals surface area (Å²) in [7, 11) is 1.52. The van der Waals surface area contributed by atoms with Crippen molar-refractivity contribution in [3.63, 3.8) is 0 Å². The fourth-order valence-corrected chi connectivity index (χ4v) is 2.82. The number of nitrogens with one attached hydrogen (secondary N) is 1. The Labute approximate surface area is 126 Å². The topological polar surface area (TPSA) is 58.6 Å². The lowest BCUT2D eigenvalue weighted by atomic mass is 10.1. The molecule has 0 fully saturated rings. The molecule has 2 aromatic rings. The minimum atomic E-state index is -0.455. The van der Waals surface area contributed by atoms with Crippen molar-refractivity contribution in [2.45, 2.75) is 20.1 Å². The average molecular weight is 309 g/mol. The number of rotatable bonds is 5. The molecular formula is C15H16FNO3S. The zero-order chi connectivity index (χ0) is 15.4. The van der Waals surface area contributed by atoms with Gasteiger partial charge in [0, 0.05) is 17.0 Å². The molecule has 0 saturated heterocycles. The third kappa shape index (κ3) is 3.59. The van der Waals surface area contributed by atoms with Crippen LogP contribution in [-0.4, -0.2) is 18.1 Å². The smallest absolute Gasteiger partial charge is 0.265 e. The molecule has 0 saturated carbocycles. The number of carbonyl (C=O) groups is 1. The van der Waals surface area contributed by atoms with Gasteiger partial charge in [-0.2, -0.15) is 0 Å². The monoisotopic (exact) mass is 309 g/mol. The first-order chi connectivity index (χ1) is 10.0. The number of hydrogen-bond acceptors (Lipinski definition) is 4. The van der Waals surface area contributed by atoms with E-state index in [9.17, 15) is 9.18 Å². The zero-order valence-corrected chi connectivity index (χ0v) is 12.6. The summed E-state index contributed by atoms with van der Waals surface area (Å²) in [4.78, 5) is 13.6. The maximum atomic E-state index is 13.3. The largest absolute Gasteiger partial charge is 0.495 e. The highest BCUT2D eigenvalue weighted by atomic mass is 32.1. The molecule has 0 spiro atoms. The summed E-state index contributed by atoms with van der Waals surface area (Å²) in [6.45, 7) is 1.79. The second kappa shape index (κ2) is 6.69. The van der Waals surface area contributed by atoms with Gasteiger partial charge in [-0.1, -0.05) is 6.07 Å². The van der Waals surface area contributed by atoms with E-state index in [-0.39, 0.29) is 24.6 Å². The van der Waals surface area contributed by atoms with Crippen LogP contribution in [0, 0.1) is 12.7 Å². The molecular weight excluding hydrogens is 293 g/mol. The van der Waals surface area contributed by atoms with Crippen LogP contribution in [0.1, 0.15) is 25.7 Å². The van der Waals surface area contributed by atoms with E-state index in [2.05, 4.69) is 5.32 Å². The molecule has 2 rings (SSSR count). The number of amides is 1. The number of halogens is 1. The van der Waals surface area contributed by atoms with E-state index in [1.165, 1.54) is 30.6 Å². The Morgan fingerprint density at radius 2 is 2.19 bits per heavy atom. The number of aliphatic hydroxyl groups is 1. The predicted octanol–water partition coefficient (Wildman–Crippen LogP) is 2.63. The van der Waals surface area contributed by atoms with Crippen LogP contribution in [0.25, 0.3) is 0 Å². The normalized spacial score (nSPS) is 10.5. The van der Waals surface area contributed by atoms with Crippen LogP contribution in [0.5, 0.6) is 5.75 Å². The molecule has 0 atom stereocenters. The standard InChI is InChI=1S/C15H16FNO3S/c1-9-5-13(20-2)14(21-9)15(19)17-7-10-3-4-12(16)11(6-10)8-18/h3-6,18H,7-8H2,1-2H3,(H,17,19). The number of aliphatic hydroxyl groups excluding tert-OH is 1. The van der Waals surface area contributed by atoms with Gasteiger partial charge in [0.25, 0.3) is 5.91 Å². The highest BCUT2D eigenvalue weighted by molar-refractivity contribution is 7.14. The molecule has 112 valence electrons. The number of aryl methyl sites for hydroxylation is 1. The minimum Gasteiger partial charge on any atom is -0.495 e. The quantitative estimate of drug-likeness (QED) is 0.892. The van der Waals surface area contributed by atoms with Gasteiger partial charge in [0.15, 0.2) is 0 Å². The van der Waals surface area contributed by atoms with E-state index in [0.717, 1.165) is 10.4 Å². The van der Waals surface area contributed by atoms with Gasteiger partial charge in [0.2, 0.25) is 0 Å². The Hall–Kier alpha value is -1.92. The van der Waals surface area contributed by atoms with Crippen molar-refractivity contribution >= 4 is 17.2 Å². The Morgan fingerprint density at radius 3 is 2.86 bits per heavy atom. The summed E-state index contributed by atoms with van der Waals surface area (Å²) in [6.07, 6.45) is 0. The first-order valence-electron chi connectivity index (χ1n) is 6.36. The summed E-state index contributed by atoms with van der Waals surface area (Å²) < 4.78 is 18.4. The van der Waals surface area contributed by atoms with Crippen LogP contribution >= 0.6 is 11.3 Å². The summed E-state index contributed by atoms with van der Waals surface area (Å²) in [5, 5.41) is 11.8. The van der Waals surface area contributed by atoms with E-state index >= 15 is 0 Å². The third-order valence-electron chi connectivity index (χ3n) is 2.98. The Balaban J connectivity index is 2.07. The second-order valence-electron chi connectivity index (χ2n) is 4.52. The summed E-state index contributed by atoms with van der Waals surface area (Å²) >= 11 is 1.36. The van der Waals surface area contributed by atoms with E-state index in [0.29, 0.717) is 10.6 Å². The van der Waals surface area contributed by atoms with Crippen LogP contribution in [0.15, 0.2) is 24.3 Å². The molecule has 1 aromatic heterocycles. The first-order valence-corrected chi connectivity index (χ1v) is 7.17. The van der Waals surface area contributed by atoms with Crippen LogP contribution in [-0.2, 0) is 13.2 Å². The lowest BCUT2D eigenvalue weighted by Gasteiger charge is -2.07. The van der Waals surface area contributed by atoms with Crippen molar-refractivity contribution in [3.8, 4) is 5.75 Å². The van der Waals surface area contributed by atoms with Gasteiger partial charge in [0.1, 0.15) is 16.4 Å². The van der Waals surface area contributed by atoms with Gasteiger partial charge < -0.3 is 15.2 Å². The molecule has 6 heteroatoms. The number of thiophene rings is 1.